The van der Waals surface area contributed by atoms with E-state index in [0.717, 1.165) is 12.1 Å². The van der Waals surface area contributed by atoms with Gasteiger partial charge >= 0.3 is 5.97 Å². The molecule has 1 aliphatic rings. The summed E-state index contributed by atoms with van der Waals surface area (Å²) in [5.74, 6) is -0.0403. The minimum atomic E-state index is -0.451. The molecule has 1 heterocycles. The molecular weight excluding hydrogens is 324 g/mol. The second kappa shape index (κ2) is 10.0. The predicted octanol–water partition coefficient (Wildman–Crippen LogP) is 0.265. The topological polar surface area (TPSA) is 85.9 Å². The Hall–Kier alpha value is -1.83. The van der Waals surface area contributed by atoms with Gasteiger partial charge in [-0.2, -0.15) is 0 Å². The van der Waals surface area contributed by atoms with Crippen LogP contribution in [0.15, 0.2) is 24.3 Å². The molecule has 0 aromatic heterocycles. The maximum absolute atomic E-state index is 11.9. The van der Waals surface area contributed by atoms with Crippen LogP contribution >= 0.6 is 12.4 Å². The van der Waals surface area contributed by atoms with Gasteiger partial charge in [0, 0.05) is 19.6 Å². The monoisotopic (exact) mass is 344 g/mol. The quantitative estimate of drug-likeness (QED) is 0.720. The maximum atomic E-state index is 11.9. The molecule has 0 radical (unpaired) electrons. The molecule has 7 nitrogen and oxygen atoms in total. The first-order valence-corrected chi connectivity index (χ1v) is 7.07. The number of hydrogen-bond acceptors (Lipinski definition) is 6. The Morgan fingerprint density at radius 1 is 1.43 bits per heavy atom. The van der Waals surface area contributed by atoms with E-state index in [1.807, 2.05) is 6.07 Å². The number of benzene rings is 1. The summed E-state index contributed by atoms with van der Waals surface area (Å²) in [5, 5.41) is 5.93. The SMILES string of the molecule is COC(=O)COc1cccc(CNC(=O)C2CNCCO2)c1.Cl. The molecule has 0 aliphatic carbocycles. The fourth-order valence-electron chi connectivity index (χ4n) is 1.98. The van der Waals surface area contributed by atoms with E-state index < -0.39 is 12.1 Å². The Bertz CT molecular complexity index is 520. The van der Waals surface area contributed by atoms with E-state index in [1.54, 1.807) is 18.2 Å². The molecule has 1 unspecified atom stereocenters. The normalized spacial score (nSPS) is 16.8. The molecule has 1 aromatic rings. The highest BCUT2D eigenvalue weighted by Crippen LogP contribution is 2.13. The lowest BCUT2D eigenvalue weighted by Gasteiger charge is -2.22. The molecule has 1 atom stereocenters. The molecule has 1 fully saturated rings. The Kier molecular flexibility index (Phi) is 8.39. The average Bonchev–Trinajstić information content (AvgIpc) is 2.58. The summed E-state index contributed by atoms with van der Waals surface area (Å²) in [6.45, 7) is 2.05. The van der Waals surface area contributed by atoms with Crippen LogP contribution in [0.1, 0.15) is 5.56 Å². The molecule has 0 bridgehead atoms. The van der Waals surface area contributed by atoms with Gasteiger partial charge in [-0.15, -0.1) is 12.4 Å². The Labute approximate surface area is 141 Å². The molecule has 1 aromatic carbocycles. The van der Waals surface area contributed by atoms with Crippen LogP contribution in [0.4, 0.5) is 0 Å². The van der Waals surface area contributed by atoms with Gasteiger partial charge in [-0.3, -0.25) is 4.79 Å². The van der Waals surface area contributed by atoms with Crippen molar-refractivity contribution >= 4 is 24.3 Å². The maximum Gasteiger partial charge on any atom is 0.343 e. The number of carbonyl (C=O) groups excluding carboxylic acids is 2. The number of hydrogen-bond donors (Lipinski definition) is 2. The first-order chi connectivity index (χ1) is 10.7. The number of morpholine rings is 1. The number of esters is 1. The summed E-state index contributed by atoms with van der Waals surface area (Å²) in [5.41, 5.74) is 0.875. The van der Waals surface area contributed by atoms with E-state index in [-0.39, 0.29) is 24.9 Å². The van der Waals surface area contributed by atoms with E-state index in [1.165, 1.54) is 7.11 Å². The fourth-order valence-corrected chi connectivity index (χ4v) is 1.98. The summed E-state index contributed by atoms with van der Waals surface area (Å²) in [6.07, 6.45) is -0.451. The Morgan fingerprint density at radius 2 is 2.26 bits per heavy atom. The van der Waals surface area contributed by atoms with Gasteiger partial charge in [0.25, 0.3) is 5.91 Å². The lowest BCUT2D eigenvalue weighted by atomic mass is 10.2. The molecule has 8 heteroatoms. The first kappa shape index (κ1) is 19.2. The minimum absolute atomic E-state index is 0. The highest BCUT2D eigenvalue weighted by molar-refractivity contribution is 5.85. The van der Waals surface area contributed by atoms with E-state index in [2.05, 4.69) is 15.4 Å². The molecule has 128 valence electrons. The zero-order valence-electron chi connectivity index (χ0n) is 12.9. The summed E-state index contributed by atoms with van der Waals surface area (Å²) in [6, 6.07) is 7.17. The van der Waals surface area contributed by atoms with Crippen molar-refractivity contribution in [1.82, 2.24) is 10.6 Å². The van der Waals surface area contributed by atoms with Crippen molar-refractivity contribution in [2.45, 2.75) is 12.6 Å². The van der Waals surface area contributed by atoms with Gasteiger partial charge in [-0.1, -0.05) is 12.1 Å². The van der Waals surface area contributed by atoms with Crippen molar-refractivity contribution in [1.29, 1.82) is 0 Å². The van der Waals surface area contributed by atoms with Crippen LogP contribution in [0.5, 0.6) is 5.75 Å². The molecule has 1 aliphatic heterocycles. The molecule has 1 amide bonds. The van der Waals surface area contributed by atoms with Crippen molar-refractivity contribution in [3.05, 3.63) is 29.8 Å². The zero-order chi connectivity index (χ0) is 15.8. The summed E-state index contributed by atoms with van der Waals surface area (Å²) >= 11 is 0. The van der Waals surface area contributed by atoms with Gasteiger partial charge in [0.2, 0.25) is 0 Å². The molecule has 2 rings (SSSR count). The van der Waals surface area contributed by atoms with Gasteiger partial charge in [-0.25, -0.2) is 4.79 Å². The number of carbonyl (C=O) groups is 2. The number of halogens is 1. The van der Waals surface area contributed by atoms with E-state index >= 15 is 0 Å². The number of amides is 1. The van der Waals surface area contributed by atoms with Crippen molar-refractivity contribution in [3.8, 4) is 5.75 Å². The van der Waals surface area contributed by atoms with E-state index in [9.17, 15) is 9.59 Å². The summed E-state index contributed by atoms with van der Waals surface area (Å²) in [4.78, 5) is 23.0. The van der Waals surface area contributed by atoms with Crippen LogP contribution in [-0.2, 0) is 25.6 Å². The summed E-state index contributed by atoms with van der Waals surface area (Å²) in [7, 11) is 1.31. The first-order valence-electron chi connectivity index (χ1n) is 7.07. The fraction of sp³-hybridized carbons (Fsp3) is 0.467. The zero-order valence-corrected chi connectivity index (χ0v) is 13.7. The standard InChI is InChI=1S/C15H20N2O5.ClH/c1-20-14(18)10-22-12-4-2-3-11(7-12)8-17-15(19)13-9-16-5-6-21-13;/h2-4,7,13,16H,5-6,8-10H2,1H3,(H,17,19);1H. The van der Waals surface area contributed by atoms with Crippen molar-refractivity contribution < 1.29 is 23.8 Å². The average molecular weight is 345 g/mol. The Morgan fingerprint density at radius 3 is 2.96 bits per heavy atom. The van der Waals surface area contributed by atoms with Gasteiger partial charge in [0.05, 0.1) is 13.7 Å². The lowest BCUT2D eigenvalue weighted by molar-refractivity contribution is -0.142. The second-order valence-electron chi connectivity index (χ2n) is 4.79. The summed E-state index contributed by atoms with van der Waals surface area (Å²) < 4.78 is 15.2. The van der Waals surface area contributed by atoms with Gasteiger partial charge in [0.15, 0.2) is 6.61 Å². The second-order valence-corrected chi connectivity index (χ2v) is 4.79. The van der Waals surface area contributed by atoms with Gasteiger partial charge in [0.1, 0.15) is 11.9 Å². The highest BCUT2D eigenvalue weighted by atomic mass is 35.5. The van der Waals surface area contributed by atoms with Gasteiger partial charge < -0.3 is 24.8 Å². The third-order valence-electron chi connectivity index (χ3n) is 3.17. The third kappa shape index (κ3) is 6.43. The molecule has 0 spiro atoms. The minimum Gasteiger partial charge on any atom is -0.482 e. The number of rotatable bonds is 6. The molecular formula is C15H21ClN2O5. The number of ether oxygens (including phenoxy) is 3. The van der Waals surface area contributed by atoms with Crippen LogP contribution in [-0.4, -0.2) is 51.4 Å². The van der Waals surface area contributed by atoms with Crippen molar-refractivity contribution in [2.24, 2.45) is 0 Å². The Balaban J connectivity index is 0.00000264. The largest absolute Gasteiger partial charge is 0.482 e. The van der Waals surface area contributed by atoms with Crippen LogP contribution in [0.25, 0.3) is 0 Å². The van der Waals surface area contributed by atoms with E-state index in [4.69, 9.17) is 9.47 Å². The van der Waals surface area contributed by atoms with Gasteiger partial charge in [-0.05, 0) is 17.7 Å². The molecule has 2 N–H and O–H groups in total. The highest BCUT2D eigenvalue weighted by Gasteiger charge is 2.21. The van der Waals surface area contributed by atoms with Crippen LogP contribution in [0.3, 0.4) is 0 Å². The molecule has 23 heavy (non-hydrogen) atoms. The predicted molar refractivity (Wildman–Crippen MR) is 85.7 cm³/mol. The van der Waals surface area contributed by atoms with E-state index in [0.29, 0.717) is 25.4 Å². The number of methoxy groups -OCH3 is 1. The smallest absolute Gasteiger partial charge is 0.343 e. The number of nitrogens with one attached hydrogen (secondary N) is 2. The van der Waals surface area contributed by atoms with Crippen LogP contribution in [0.2, 0.25) is 0 Å². The lowest BCUT2D eigenvalue weighted by Crippen LogP contribution is -2.47. The molecule has 0 saturated carbocycles. The molecule has 1 saturated heterocycles. The van der Waals surface area contributed by atoms with Crippen molar-refractivity contribution in [3.63, 3.8) is 0 Å². The third-order valence-corrected chi connectivity index (χ3v) is 3.17. The van der Waals surface area contributed by atoms with Crippen molar-refractivity contribution in [2.75, 3.05) is 33.4 Å². The van der Waals surface area contributed by atoms with Crippen LogP contribution in [0, 0.1) is 0 Å². The van der Waals surface area contributed by atoms with Crippen LogP contribution < -0.4 is 15.4 Å².